The third-order valence-electron chi connectivity index (χ3n) is 4.95. The summed E-state index contributed by atoms with van der Waals surface area (Å²) in [5, 5.41) is 20.5. The van der Waals surface area contributed by atoms with E-state index in [0.29, 0.717) is 59.8 Å². The molecule has 0 unspecified atom stereocenters. The van der Waals surface area contributed by atoms with Crippen LogP contribution in [0.1, 0.15) is 18.2 Å². The van der Waals surface area contributed by atoms with Gasteiger partial charge in [-0.25, -0.2) is 15.5 Å². The Morgan fingerprint density at radius 1 is 1.17 bits per heavy atom. The lowest BCUT2D eigenvalue weighted by atomic mass is 10.1. The number of piperazine rings is 1. The molecule has 30 heavy (non-hydrogen) atoms. The zero-order valence-corrected chi connectivity index (χ0v) is 18.4. The van der Waals surface area contributed by atoms with Crippen LogP contribution in [0.15, 0.2) is 29.3 Å². The molecule has 0 spiro atoms. The molecule has 0 bridgehead atoms. The summed E-state index contributed by atoms with van der Waals surface area (Å²) in [6, 6.07) is 7.19. The molecule has 1 aromatic carbocycles. The van der Waals surface area contributed by atoms with Gasteiger partial charge in [0.1, 0.15) is 5.69 Å². The molecule has 8 nitrogen and oxygen atoms in total. The summed E-state index contributed by atoms with van der Waals surface area (Å²) in [4.78, 5) is 13.0. The summed E-state index contributed by atoms with van der Waals surface area (Å²) in [6.45, 7) is 4.44. The Balaban J connectivity index is 1.79. The Morgan fingerprint density at radius 3 is 2.37 bits per heavy atom. The molecule has 2 aromatic rings. The number of nitrogens with one attached hydrogen (secondary N) is 1. The fourth-order valence-electron chi connectivity index (χ4n) is 3.41. The van der Waals surface area contributed by atoms with Crippen molar-refractivity contribution in [2.45, 2.75) is 20.0 Å². The van der Waals surface area contributed by atoms with Gasteiger partial charge >= 0.3 is 0 Å². The minimum Gasteiger partial charge on any atom is -0.479 e. The summed E-state index contributed by atoms with van der Waals surface area (Å²) in [5.74, 6) is 0.621. The van der Waals surface area contributed by atoms with Crippen molar-refractivity contribution in [3.05, 3.63) is 45.6 Å². The first-order valence-corrected chi connectivity index (χ1v) is 10.4. The van der Waals surface area contributed by atoms with Gasteiger partial charge < -0.3 is 19.6 Å². The van der Waals surface area contributed by atoms with Crippen LogP contribution in [0, 0.1) is 0 Å². The molecule has 0 amide bonds. The van der Waals surface area contributed by atoms with Gasteiger partial charge in [-0.15, -0.1) is 0 Å². The van der Waals surface area contributed by atoms with Gasteiger partial charge in [0.15, 0.2) is 0 Å². The third-order valence-corrected chi connectivity index (χ3v) is 5.39. The maximum Gasteiger partial charge on any atom is 0.240 e. The average molecular weight is 454 g/mol. The smallest absolute Gasteiger partial charge is 0.240 e. The molecule has 1 saturated heterocycles. The Labute approximate surface area is 185 Å². The molecule has 0 saturated carbocycles. The first kappa shape index (κ1) is 22.4. The van der Waals surface area contributed by atoms with Crippen molar-refractivity contribution >= 4 is 40.5 Å². The van der Waals surface area contributed by atoms with Crippen LogP contribution < -0.4 is 15.1 Å². The number of halogens is 2. The highest BCUT2D eigenvalue weighted by Gasteiger charge is 2.21. The summed E-state index contributed by atoms with van der Waals surface area (Å²) in [7, 11) is 1.51. The average Bonchev–Trinajstić information content (AvgIpc) is 2.76. The number of benzene rings is 1. The molecule has 3 rings (SSSR count). The van der Waals surface area contributed by atoms with Gasteiger partial charge in [0.25, 0.3) is 0 Å². The monoisotopic (exact) mass is 453 g/mol. The van der Waals surface area contributed by atoms with Crippen LogP contribution in [0.2, 0.25) is 10.0 Å². The number of aliphatic hydroxyl groups excluding tert-OH is 1. The molecular formula is C20H25Cl2N5O3. The van der Waals surface area contributed by atoms with Crippen molar-refractivity contribution in [3.8, 4) is 5.88 Å². The minimum atomic E-state index is -0.147. The van der Waals surface area contributed by atoms with E-state index in [1.165, 1.54) is 7.11 Å². The van der Waals surface area contributed by atoms with Crippen LogP contribution in [-0.2, 0) is 13.0 Å². The second-order valence-electron chi connectivity index (χ2n) is 6.78. The van der Waals surface area contributed by atoms with Crippen LogP contribution in [0.25, 0.3) is 0 Å². The van der Waals surface area contributed by atoms with Gasteiger partial charge in [0, 0.05) is 53.2 Å². The number of aromatic nitrogens is 1. The van der Waals surface area contributed by atoms with E-state index in [1.54, 1.807) is 12.1 Å². The minimum absolute atomic E-state index is 0.147. The zero-order valence-electron chi connectivity index (χ0n) is 16.9. The molecule has 2 heterocycles. The van der Waals surface area contributed by atoms with Gasteiger partial charge in [-0.2, -0.15) is 0 Å². The van der Waals surface area contributed by atoms with E-state index in [2.05, 4.69) is 20.4 Å². The predicted molar refractivity (Wildman–Crippen MR) is 118 cm³/mol. The number of pyridine rings is 1. The first-order chi connectivity index (χ1) is 14.5. The van der Waals surface area contributed by atoms with Crippen molar-refractivity contribution in [1.29, 1.82) is 0 Å². The number of ether oxygens (including phenoxy) is 1. The number of hydrogen-bond donors (Lipinski definition) is 3. The van der Waals surface area contributed by atoms with E-state index < -0.39 is 0 Å². The van der Waals surface area contributed by atoms with Crippen LogP contribution in [-0.4, -0.2) is 59.4 Å². The van der Waals surface area contributed by atoms with E-state index >= 15 is 0 Å². The molecule has 0 aliphatic carbocycles. The van der Waals surface area contributed by atoms with Crippen molar-refractivity contribution in [3.63, 3.8) is 0 Å². The second-order valence-corrected chi connectivity index (χ2v) is 7.66. The van der Waals surface area contributed by atoms with Crippen LogP contribution in [0.5, 0.6) is 5.88 Å². The number of methoxy groups -OCH3 is 1. The second kappa shape index (κ2) is 10.2. The van der Waals surface area contributed by atoms with Gasteiger partial charge in [0.05, 0.1) is 13.7 Å². The Hall–Kier alpha value is -2.26. The van der Waals surface area contributed by atoms with E-state index in [9.17, 15) is 10.3 Å². The number of anilines is 1. The van der Waals surface area contributed by atoms with Crippen LogP contribution in [0.4, 0.5) is 11.4 Å². The Morgan fingerprint density at radius 2 is 1.83 bits per heavy atom. The molecule has 0 atom stereocenters. The molecule has 1 aliphatic heterocycles. The molecule has 3 N–H and O–H groups in total. The number of aliphatic hydroxyl groups is 1. The fraction of sp³-hybridized carbons (Fsp3) is 0.400. The Kier molecular flexibility index (Phi) is 7.60. The number of aliphatic imine (C=N–C) groups is 1. The number of aryl methyl sites for hydroxylation is 1. The lowest BCUT2D eigenvalue weighted by Crippen LogP contribution is -2.52. The third kappa shape index (κ3) is 5.07. The maximum atomic E-state index is 9.70. The highest BCUT2D eigenvalue weighted by Crippen LogP contribution is 2.29. The first-order valence-electron chi connectivity index (χ1n) is 9.61. The zero-order chi connectivity index (χ0) is 21.7. The summed E-state index contributed by atoms with van der Waals surface area (Å²) in [6.07, 6.45) is 0.664. The molecule has 162 valence electrons. The number of guanidine groups is 1. The van der Waals surface area contributed by atoms with Gasteiger partial charge in [-0.3, -0.25) is 5.21 Å². The van der Waals surface area contributed by atoms with Crippen molar-refractivity contribution < 1.29 is 15.1 Å². The molecular weight excluding hydrogens is 429 g/mol. The predicted octanol–water partition coefficient (Wildman–Crippen LogP) is 3.24. The summed E-state index contributed by atoms with van der Waals surface area (Å²) in [5.41, 5.74) is 4.99. The van der Waals surface area contributed by atoms with Gasteiger partial charge in [-0.05, 0) is 30.7 Å². The normalized spacial score (nSPS) is 14.8. The van der Waals surface area contributed by atoms with Crippen molar-refractivity contribution in [1.82, 2.24) is 15.4 Å². The number of nitrogens with zero attached hydrogens (tertiary/aromatic N) is 4. The Bertz CT molecular complexity index is 897. The molecule has 0 radical (unpaired) electrons. The lowest BCUT2D eigenvalue weighted by molar-refractivity contribution is 0.207. The quantitative estimate of drug-likeness (QED) is 0.363. The highest BCUT2D eigenvalue weighted by atomic mass is 35.5. The standard InChI is InChI=1S/C20H25Cl2N5O3/c1-3-17-13(12-28)8-18(19(23-17)30-2)24-20(25-29)27-6-4-26(5-7-27)16-10-14(21)9-15(22)11-16/h8-11,28-29H,3-7,12H2,1-2H3,(H,24,25). The largest absolute Gasteiger partial charge is 0.479 e. The van der Waals surface area contributed by atoms with Crippen molar-refractivity contribution in [2.24, 2.45) is 4.99 Å². The lowest BCUT2D eigenvalue weighted by Gasteiger charge is -2.37. The summed E-state index contributed by atoms with van der Waals surface area (Å²) < 4.78 is 5.36. The molecule has 10 heteroatoms. The van der Waals surface area contributed by atoms with Crippen LogP contribution in [0.3, 0.4) is 0 Å². The topological polar surface area (TPSA) is 93.5 Å². The maximum absolute atomic E-state index is 9.70. The fourth-order valence-corrected chi connectivity index (χ4v) is 3.93. The molecule has 1 aliphatic rings. The molecule has 1 aromatic heterocycles. The van der Waals surface area contributed by atoms with Crippen LogP contribution >= 0.6 is 23.2 Å². The van der Waals surface area contributed by atoms with Gasteiger partial charge in [-0.1, -0.05) is 30.1 Å². The van der Waals surface area contributed by atoms with Crippen molar-refractivity contribution in [2.75, 3.05) is 38.2 Å². The highest BCUT2D eigenvalue weighted by molar-refractivity contribution is 6.35. The number of hydrogen-bond acceptors (Lipinski definition) is 6. The van der Waals surface area contributed by atoms with E-state index in [0.717, 1.165) is 11.4 Å². The van der Waals surface area contributed by atoms with E-state index in [1.807, 2.05) is 24.0 Å². The number of rotatable bonds is 5. The SMILES string of the molecule is CCc1nc(OC)c(N=C(NO)N2CCN(c3cc(Cl)cc(Cl)c3)CC2)cc1CO. The van der Waals surface area contributed by atoms with E-state index in [-0.39, 0.29) is 12.6 Å². The summed E-state index contributed by atoms with van der Waals surface area (Å²) >= 11 is 12.2. The van der Waals surface area contributed by atoms with Gasteiger partial charge in [0.2, 0.25) is 11.8 Å². The molecule has 1 fully saturated rings. The number of hydroxylamine groups is 1. The van der Waals surface area contributed by atoms with E-state index in [4.69, 9.17) is 27.9 Å².